The zero-order chi connectivity index (χ0) is 19.0. The molecule has 140 valence electrons. The highest BCUT2D eigenvalue weighted by atomic mass is 32.2. The van der Waals surface area contributed by atoms with Crippen LogP contribution in [0.25, 0.3) is 0 Å². The molecule has 0 unspecified atom stereocenters. The highest BCUT2D eigenvalue weighted by molar-refractivity contribution is 7.88. The van der Waals surface area contributed by atoms with E-state index in [0.29, 0.717) is 0 Å². The predicted octanol–water partition coefficient (Wildman–Crippen LogP) is 1.82. The Kier molecular flexibility index (Phi) is 7.17. The van der Waals surface area contributed by atoms with Gasteiger partial charge in [0.2, 0.25) is 15.9 Å². The van der Waals surface area contributed by atoms with Crippen LogP contribution < -0.4 is 10.1 Å². The minimum atomic E-state index is -3.36. The lowest BCUT2D eigenvalue weighted by molar-refractivity contribution is -0.120. The van der Waals surface area contributed by atoms with E-state index in [1.54, 1.807) is 19.2 Å². The topological polar surface area (TPSA) is 75.7 Å². The third-order valence-corrected chi connectivity index (χ3v) is 5.13. The molecule has 6 nitrogen and oxygen atoms in total. The fraction of sp³-hybridized carbons (Fsp3) is 0.316. The number of ether oxygens (including phenoxy) is 1. The molecule has 0 aromatic heterocycles. The van der Waals surface area contributed by atoms with Gasteiger partial charge in [-0.2, -0.15) is 4.31 Å². The maximum absolute atomic E-state index is 12.0. The van der Waals surface area contributed by atoms with Gasteiger partial charge in [-0.1, -0.05) is 42.5 Å². The fourth-order valence-electron chi connectivity index (χ4n) is 2.46. The average Bonchev–Trinajstić information content (AvgIpc) is 2.61. The van der Waals surface area contributed by atoms with Gasteiger partial charge < -0.3 is 10.1 Å². The first-order valence-corrected chi connectivity index (χ1v) is 10.1. The Labute approximate surface area is 154 Å². The van der Waals surface area contributed by atoms with Crippen molar-refractivity contribution in [2.45, 2.75) is 13.0 Å². The molecule has 0 saturated heterocycles. The van der Waals surface area contributed by atoms with Gasteiger partial charge in [0.1, 0.15) is 5.75 Å². The second-order valence-corrected chi connectivity index (χ2v) is 7.94. The first-order chi connectivity index (χ1) is 12.4. The van der Waals surface area contributed by atoms with Crippen molar-refractivity contribution in [3.8, 4) is 5.75 Å². The van der Waals surface area contributed by atoms with Crippen LogP contribution in [0.5, 0.6) is 5.75 Å². The number of sulfonamides is 1. The van der Waals surface area contributed by atoms with E-state index in [0.717, 1.165) is 16.9 Å². The van der Waals surface area contributed by atoms with E-state index < -0.39 is 10.0 Å². The molecule has 7 heteroatoms. The maximum Gasteiger partial charge on any atom is 0.224 e. The zero-order valence-corrected chi connectivity index (χ0v) is 15.8. The molecule has 2 aromatic carbocycles. The van der Waals surface area contributed by atoms with Crippen molar-refractivity contribution >= 4 is 15.9 Å². The monoisotopic (exact) mass is 376 g/mol. The summed E-state index contributed by atoms with van der Waals surface area (Å²) >= 11 is 0. The third kappa shape index (κ3) is 6.50. The maximum atomic E-state index is 12.0. The highest BCUT2D eigenvalue weighted by Gasteiger charge is 2.17. The Hall–Kier alpha value is -2.38. The molecule has 0 bridgehead atoms. The SMILES string of the molecule is COc1ccc(CC(=O)NCCN(Cc2ccccc2)S(C)(=O)=O)cc1. The van der Waals surface area contributed by atoms with Crippen LogP contribution in [-0.4, -0.2) is 45.1 Å². The minimum absolute atomic E-state index is 0.150. The van der Waals surface area contributed by atoms with Crippen molar-refractivity contribution in [1.82, 2.24) is 9.62 Å². The van der Waals surface area contributed by atoms with Crippen LogP contribution in [0.1, 0.15) is 11.1 Å². The molecular formula is C19H24N2O4S. The number of benzene rings is 2. The van der Waals surface area contributed by atoms with Crippen LogP contribution >= 0.6 is 0 Å². The molecule has 0 fully saturated rings. The molecule has 26 heavy (non-hydrogen) atoms. The summed E-state index contributed by atoms with van der Waals surface area (Å²) in [7, 11) is -1.77. The number of methoxy groups -OCH3 is 1. The summed E-state index contributed by atoms with van der Waals surface area (Å²) < 4.78 is 30.4. The van der Waals surface area contributed by atoms with Gasteiger partial charge in [0.25, 0.3) is 0 Å². The van der Waals surface area contributed by atoms with Crippen LogP contribution in [0.3, 0.4) is 0 Å². The Bertz CT molecular complexity index is 805. The van der Waals surface area contributed by atoms with Gasteiger partial charge in [0.15, 0.2) is 0 Å². The Balaban J connectivity index is 1.85. The molecule has 0 radical (unpaired) electrons. The van der Waals surface area contributed by atoms with E-state index in [9.17, 15) is 13.2 Å². The molecule has 0 atom stereocenters. The summed E-state index contributed by atoms with van der Waals surface area (Å²) in [6.07, 6.45) is 1.41. The van der Waals surface area contributed by atoms with E-state index in [4.69, 9.17) is 4.74 Å². The van der Waals surface area contributed by atoms with Gasteiger partial charge in [-0.25, -0.2) is 8.42 Å². The summed E-state index contributed by atoms with van der Waals surface area (Å²) in [5.74, 6) is 0.585. The molecule has 2 rings (SSSR count). The number of nitrogens with one attached hydrogen (secondary N) is 1. The second kappa shape index (κ2) is 9.35. The average molecular weight is 376 g/mol. The number of carbonyl (C=O) groups is 1. The van der Waals surface area contributed by atoms with Crippen molar-refractivity contribution < 1.29 is 17.9 Å². The lowest BCUT2D eigenvalue weighted by atomic mass is 10.1. The molecule has 2 aromatic rings. The lowest BCUT2D eigenvalue weighted by Crippen LogP contribution is -2.38. The van der Waals surface area contributed by atoms with Crippen molar-refractivity contribution in [2.75, 3.05) is 26.5 Å². The van der Waals surface area contributed by atoms with Gasteiger partial charge in [0.05, 0.1) is 19.8 Å². The summed E-state index contributed by atoms with van der Waals surface area (Å²) in [5.41, 5.74) is 1.77. The highest BCUT2D eigenvalue weighted by Crippen LogP contribution is 2.11. The fourth-order valence-corrected chi connectivity index (χ4v) is 3.27. The number of carbonyl (C=O) groups excluding carboxylic acids is 1. The van der Waals surface area contributed by atoms with Crippen LogP contribution in [0, 0.1) is 0 Å². The van der Waals surface area contributed by atoms with Gasteiger partial charge in [-0.05, 0) is 23.3 Å². The molecule has 1 amide bonds. The second-order valence-electron chi connectivity index (χ2n) is 5.96. The van der Waals surface area contributed by atoms with Gasteiger partial charge in [0, 0.05) is 19.6 Å². The largest absolute Gasteiger partial charge is 0.497 e. The van der Waals surface area contributed by atoms with E-state index in [1.165, 1.54) is 10.6 Å². The molecule has 0 saturated carbocycles. The molecule has 1 N–H and O–H groups in total. The Morgan fingerprint density at radius 2 is 1.69 bits per heavy atom. The molecule has 0 aliphatic heterocycles. The van der Waals surface area contributed by atoms with Crippen molar-refractivity contribution in [1.29, 1.82) is 0 Å². The van der Waals surface area contributed by atoms with Crippen LogP contribution in [0.2, 0.25) is 0 Å². The van der Waals surface area contributed by atoms with Crippen LogP contribution in [0.4, 0.5) is 0 Å². The molecular weight excluding hydrogens is 352 g/mol. The molecule has 0 aliphatic carbocycles. The van der Waals surface area contributed by atoms with Crippen molar-refractivity contribution in [3.05, 3.63) is 65.7 Å². The van der Waals surface area contributed by atoms with E-state index in [1.807, 2.05) is 42.5 Å². The first-order valence-electron chi connectivity index (χ1n) is 8.27. The summed E-state index contributed by atoms with van der Waals surface area (Å²) in [5, 5.41) is 2.77. The molecule has 0 spiro atoms. The normalized spacial score (nSPS) is 11.3. The summed E-state index contributed by atoms with van der Waals surface area (Å²) in [4.78, 5) is 12.0. The van der Waals surface area contributed by atoms with Crippen molar-refractivity contribution in [2.24, 2.45) is 0 Å². The summed E-state index contributed by atoms with van der Waals surface area (Å²) in [6, 6.07) is 16.6. The zero-order valence-electron chi connectivity index (χ0n) is 15.0. The quantitative estimate of drug-likeness (QED) is 0.724. The number of hydrogen-bond acceptors (Lipinski definition) is 4. The van der Waals surface area contributed by atoms with E-state index >= 15 is 0 Å². The number of hydrogen-bond donors (Lipinski definition) is 1. The smallest absolute Gasteiger partial charge is 0.224 e. The van der Waals surface area contributed by atoms with Gasteiger partial charge >= 0.3 is 0 Å². The Morgan fingerprint density at radius 1 is 1.04 bits per heavy atom. The van der Waals surface area contributed by atoms with E-state index in [2.05, 4.69) is 5.32 Å². The number of rotatable bonds is 9. The lowest BCUT2D eigenvalue weighted by Gasteiger charge is -2.20. The molecule has 0 aliphatic rings. The predicted molar refractivity (Wildman–Crippen MR) is 101 cm³/mol. The van der Waals surface area contributed by atoms with Gasteiger partial charge in [-0.15, -0.1) is 0 Å². The van der Waals surface area contributed by atoms with Crippen LogP contribution in [0.15, 0.2) is 54.6 Å². The minimum Gasteiger partial charge on any atom is -0.497 e. The standard InChI is InChI=1S/C19H24N2O4S/c1-25-18-10-8-16(9-11-18)14-19(22)20-12-13-21(26(2,23)24)15-17-6-4-3-5-7-17/h3-11H,12-15H2,1-2H3,(H,20,22). The molecule has 0 heterocycles. The van der Waals surface area contributed by atoms with Crippen molar-refractivity contribution in [3.63, 3.8) is 0 Å². The van der Waals surface area contributed by atoms with Gasteiger partial charge in [-0.3, -0.25) is 4.79 Å². The third-order valence-electron chi connectivity index (χ3n) is 3.88. The summed E-state index contributed by atoms with van der Waals surface area (Å²) in [6.45, 7) is 0.769. The van der Waals surface area contributed by atoms with E-state index in [-0.39, 0.29) is 32.0 Å². The number of nitrogens with zero attached hydrogens (tertiary/aromatic N) is 1. The first kappa shape index (κ1) is 19.9. The van der Waals surface area contributed by atoms with Crippen LogP contribution in [-0.2, 0) is 27.8 Å². The Morgan fingerprint density at radius 3 is 2.27 bits per heavy atom. The number of amides is 1.